The van der Waals surface area contributed by atoms with Crippen LogP contribution in [0.1, 0.15) is 66.0 Å². The van der Waals surface area contributed by atoms with Gasteiger partial charge in [-0.2, -0.15) is 4.98 Å². The van der Waals surface area contributed by atoms with Crippen LogP contribution in [0.4, 0.5) is 23.1 Å². The van der Waals surface area contributed by atoms with Gasteiger partial charge in [0.1, 0.15) is 24.1 Å². The number of nitrogens with zero attached hydrogens (tertiary/aromatic N) is 9. The van der Waals surface area contributed by atoms with Crippen LogP contribution in [0.2, 0.25) is 0 Å². The molecule has 4 aromatic rings. The molecule has 0 unspecified atom stereocenters. The van der Waals surface area contributed by atoms with Crippen LogP contribution in [0.25, 0.3) is 10.4 Å². The first-order valence-electron chi connectivity index (χ1n) is 17.3. The van der Waals surface area contributed by atoms with Crippen LogP contribution in [-0.2, 0) is 9.47 Å². The fraction of sp³-hybridized carbons (Fsp3) is 0.441. The van der Waals surface area contributed by atoms with Crippen molar-refractivity contribution in [3.63, 3.8) is 0 Å². The van der Waals surface area contributed by atoms with E-state index in [4.69, 9.17) is 31.0 Å². The van der Waals surface area contributed by atoms with Gasteiger partial charge in [0.15, 0.2) is 5.82 Å². The average Bonchev–Trinajstić information content (AvgIpc) is 3.76. The van der Waals surface area contributed by atoms with Gasteiger partial charge in [0.2, 0.25) is 0 Å². The minimum atomic E-state index is -0.671. The first-order valence-corrected chi connectivity index (χ1v) is 17.3. The number of nitrogen functional groups attached to an aromatic ring is 1. The first kappa shape index (κ1) is 37.8. The van der Waals surface area contributed by atoms with Crippen molar-refractivity contribution in [1.82, 2.24) is 29.1 Å². The maximum Gasteiger partial charge on any atom is 0.351 e. The van der Waals surface area contributed by atoms with E-state index in [1.807, 2.05) is 19.1 Å². The lowest BCUT2D eigenvalue weighted by molar-refractivity contribution is -0.0271. The molecule has 1 aliphatic carbocycles. The fourth-order valence-electron chi connectivity index (χ4n) is 6.32. The molecule has 284 valence electrons. The van der Waals surface area contributed by atoms with E-state index in [9.17, 15) is 19.2 Å². The molecule has 0 bridgehead atoms. The van der Waals surface area contributed by atoms with Crippen LogP contribution in [0, 0.1) is 13.8 Å². The van der Waals surface area contributed by atoms with Gasteiger partial charge in [-0.1, -0.05) is 5.11 Å². The molecule has 3 fully saturated rings. The molecule has 1 amide bonds. The Labute approximate surface area is 306 Å². The van der Waals surface area contributed by atoms with E-state index in [-0.39, 0.29) is 43.7 Å². The summed E-state index contributed by atoms with van der Waals surface area (Å²) < 4.78 is 13.5. The number of nitrogens with one attached hydrogen (secondary N) is 2. The Hall–Kier alpha value is -5.92. The van der Waals surface area contributed by atoms with Gasteiger partial charge in [-0.25, -0.2) is 19.6 Å². The van der Waals surface area contributed by atoms with Gasteiger partial charge in [0.05, 0.1) is 42.7 Å². The molecule has 4 aromatic heterocycles. The lowest BCUT2D eigenvalue weighted by atomic mass is 10.1. The number of azide groups is 1. The molecule has 0 spiro atoms. The number of aromatic amines is 1. The standard InChI is InChI=1S/C15H14N4O.C10H13N5O4.C9H13N3O3/c1-9-6-8-17-14-12(9)18-15(20)11-3-2-7-16-13(11)19(14)10-4-5-10;1-5-3-15(10(18)12-9(5)17)8-2-6(13-14-11)7(4-16)19-8;10-7-3-4-12(9(14)11-7)8-2-1-6(5-13)15-8/h2-3,6-8,10H,4-5H2,1H3,(H,18,20);3,6-8,16H,2,4H2,1H3,(H,12,17,18);3-4,6,8,13H,1-2,5H2,(H2,10,11,14)/t;6-,7+,8+;6-,8+/m.00/s1. The number of hydrogen-bond acceptors (Lipinski definition) is 14. The molecule has 20 nitrogen and oxygen atoms in total. The Morgan fingerprint density at radius 2 is 1.74 bits per heavy atom. The number of pyridine rings is 2. The molecular weight excluding hydrogens is 704 g/mol. The van der Waals surface area contributed by atoms with Crippen molar-refractivity contribution in [2.75, 3.05) is 29.2 Å². The molecule has 1 saturated carbocycles. The highest BCUT2D eigenvalue weighted by atomic mass is 16.5. The molecule has 5 atom stereocenters. The molecule has 0 radical (unpaired) electrons. The number of carbonyl (C=O) groups is 1. The summed E-state index contributed by atoms with van der Waals surface area (Å²) >= 11 is 0. The summed E-state index contributed by atoms with van der Waals surface area (Å²) in [5.74, 6) is 1.60. The topological polar surface area (TPSA) is 282 Å². The lowest BCUT2D eigenvalue weighted by Crippen LogP contribution is -2.33. The highest BCUT2D eigenvalue weighted by Crippen LogP contribution is 2.43. The number of ether oxygens (including phenoxy) is 2. The van der Waals surface area contributed by atoms with E-state index < -0.39 is 35.3 Å². The number of aryl methyl sites for hydroxylation is 2. The van der Waals surface area contributed by atoms with Crippen molar-refractivity contribution in [3.05, 3.63) is 108 Å². The van der Waals surface area contributed by atoms with Crippen molar-refractivity contribution in [2.45, 2.75) is 82.7 Å². The monoisotopic (exact) mass is 744 g/mol. The summed E-state index contributed by atoms with van der Waals surface area (Å²) in [7, 11) is 0. The molecule has 2 saturated heterocycles. The van der Waals surface area contributed by atoms with Crippen LogP contribution in [-0.4, -0.2) is 82.7 Å². The van der Waals surface area contributed by atoms with Crippen molar-refractivity contribution >= 4 is 29.0 Å². The minimum Gasteiger partial charge on any atom is -0.394 e. The van der Waals surface area contributed by atoms with Gasteiger partial charge in [-0.05, 0) is 74.9 Å². The predicted molar refractivity (Wildman–Crippen MR) is 194 cm³/mol. The summed E-state index contributed by atoms with van der Waals surface area (Å²) in [6.45, 7) is 3.22. The van der Waals surface area contributed by atoms with E-state index in [1.54, 1.807) is 37.6 Å². The number of rotatable bonds is 6. The zero-order valence-corrected chi connectivity index (χ0v) is 29.5. The number of anilines is 4. The van der Waals surface area contributed by atoms with Gasteiger partial charge in [0, 0.05) is 47.7 Å². The van der Waals surface area contributed by atoms with E-state index in [2.05, 4.69) is 40.2 Å². The zero-order valence-electron chi connectivity index (χ0n) is 29.5. The van der Waals surface area contributed by atoms with Gasteiger partial charge in [-0.3, -0.25) is 23.7 Å². The van der Waals surface area contributed by atoms with E-state index >= 15 is 0 Å². The van der Waals surface area contributed by atoms with Crippen LogP contribution >= 0.6 is 0 Å². The number of nitrogens with two attached hydrogens (primary N) is 1. The van der Waals surface area contributed by atoms with Crippen LogP contribution in [0.3, 0.4) is 0 Å². The predicted octanol–water partition coefficient (Wildman–Crippen LogP) is 1.95. The van der Waals surface area contributed by atoms with E-state index in [1.165, 1.54) is 15.3 Å². The number of aromatic nitrogens is 6. The molecule has 6 N–H and O–H groups in total. The third kappa shape index (κ3) is 8.17. The average molecular weight is 745 g/mol. The number of carbonyl (C=O) groups excluding carboxylic acids is 1. The van der Waals surface area contributed by atoms with E-state index in [0.717, 1.165) is 36.3 Å². The second kappa shape index (κ2) is 16.4. The highest BCUT2D eigenvalue weighted by molar-refractivity contribution is 6.11. The van der Waals surface area contributed by atoms with Crippen LogP contribution in [0.15, 0.2) is 68.6 Å². The zero-order chi connectivity index (χ0) is 38.5. The van der Waals surface area contributed by atoms with Crippen LogP contribution < -0.4 is 32.9 Å². The summed E-state index contributed by atoms with van der Waals surface area (Å²) in [4.78, 5) is 66.3. The molecule has 4 aliphatic rings. The van der Waals surface area contributed by atoms with Crippen LogP contribution in [0.5, 0.6) is 0 Å². The largest absolute Gasteiger partial charge is 0.394 e. The molecule has 3 aliphatic heterocycles. The summed E-state index contributed by atoms with van der Waals surface area (Å²) in [6, 6.07) is 6.92. The highest BCUT2D eigenvalue weighted by Gasteiger charge is 2.38. The van der Waals surface area contributed by atoms with E-state index in [0.29, 0.717) is 29.4 Å². The molecule has 54 heavy (non-hydrogen) atoms. The molecule has 0 aromatic carbocycles. The molecule has 20 heteroatoms. The minimum absolute atomic E-state index is 0.0202. The Morgan fingerprint density at radius 3 is 2.43 bits per heavy atom. The summed E-state index contributed by atoms with van der Waals surface area (Å²) in [5.41, 5.74) is 15.1. The molecular formula is C34H40N12O8. The SMILES string of the molecule is Cc1ccnc2c1NC(=O)c1cccnc1N2C1CC1.Cc1cn([C@H]2C[C@H](N=[N+]=[N-])[C@@H](CO)O2)c(=O)[nH]c1=O.Nc1ccn([C@H]2CC[C@@H](CO)O2)c(=O)n1. The summed E-state index contributed by atoms with van der Waals surface area (Å²) in [5, 5.41) is 24.5. The Kier molecular flexibility index (Phi) is 11.5. The number of aliphatic hydroxyl groups is 2. The second-order valence-corrected chi connectivity index (χ2v) is 13.1. The van der Waals surface area contributed by atoms with Gasteiger partial charge in [0.25, 0.3) is 11.5 Å². The molecule has 7 heterocycles. The van der Waals surface area contributed by atoms with Crippen molar-refractivity contribution in [2.24, 2.45) is 5.11 Å². The number of aliphatic hydroxyl groups excluding tert-OH is 2. The third-order valence-electron chi connectivity index (χ3n) is 9.27. The maximum absolute atomic E-state index is 12.4. The van der Waals surface area contributed by atoms with Gasteiger partial charge < -0.3 is 35.6 Å². The maximum atomic E-state index is 12.4. The first-order chi connectivity index (χ1) is 26.0. The lowest BCUT2D eigenvalue weighted by Gasteiger charge is -2.23. The summed E-state index contributed by atoms with van der Waals surface area (Å²) in [6.07, 6.45) is 8.56. The van der Waals surface area contributed by atoms with Gasteiger partial charge >= 0.3 is 11.4 Å². The quantitative estimate of drug-likeness (QED) is 0.107. The smallest absolute Gasteiger partial charge is 0.351 e. The number of fused-ring (bicyclic) bond motifs is 2. The third-order valence-corrected chi connectivity index (χ3v) is 9.27. The van der Waals surface area contributed by atoms with Crippen molar-refractivity contribution < 1.29 is 24.5 Å². The number of amides is 1. The molecule has 8 rings (SSSR count). The number of hydrogen-bond donors (Lipinski definition) is 5. The normalized spacial score (nSPS) is 22.6. The Morgan fingerprint density at radius 1 is 0.963 bits per heavy atom. The Bertz CT molecular complexity index is 2230. The fourth-order valence-corrected chi connectivity index (χ4v) is 6.32. The van der Waals surface area contributed by atoms with Crippen molar-refractivity contribution in [1.29, 1.82) is 0 Å². The van der Waals surface area contributed by atoms with Crippen molar-refractivity contribution in [3.8, 4) is 0 Å². The van der Waals surface area contributed by atoms with Gasteiger partial charge in [-0.15, -0.1) is 0 Å². The number of H-pyrrole nitrogens is 1. The Balaban J connectivity index is 0.000000140. The second-order valence-electron chi connectivity index (χ2n) is 13.1.